The van der Waals surface area contributed by atoms with Crippen molar-refractivity contribution in [1.29, 1.82) is 0 Å². The van der Waals surface area contributed by atoms with Gasteiger partial charge in [0.15, 0.2) is 22.8 Å². The van der Waals surface area contributed by atoms with Crippen molar-refractivity contribution in [3.8, 4) is 11.4 Å². The van der Waals surface area contributed by atoms with E-state index < -0.39 is 22.7 Å². The lowest BCUT2D eigenvalue weighted by Crippen LogP contribution is -2.49. The molecule has 2 fully saturated rings. The third-order valence-corrected chi connectivity index (χ3v) is 7.43. The molecule has 2 aliphatic heterocycles. The fraction of sp³-hybridized carbons (Fsp3) is 0.550. The summed E-state index contributed by atoms with van der Waals surface area (Å²) in [6, 6.07) is 0. The summed E-state index contributed by atoms with van der Waals surface area (Å²) in [5.74, 6) is 0.591. The Morgan fingerprint density at radius 2 is 1.62 bits per heavy atom. The van der Waals surface area contributed by atoms with E-state index in [1.165, 1.54) is 16.7 Å². The Morgan fingerprint density at radius 3 is 2.22 bits per heavy atom. The van der Waals surface area contributed by atoms with Crippen LogP contribution in [0.1, 0.15) is 0 Å². The largest absolute Gasteiger partial charge is 0.406 e. The molecule has 5 rings (SSSR count). The van der Waals surface area contributed by atoms with Crippen LogP contribution in [0.3, 0.4) is 0 Å². The van der Waals surface area contributed by atoms with Gasteiger partial charge in [-0.3, -0.25) is 4.57 Å². The second kappa shape index (κ2) is 9.53. The number of ether oxygens (including phenoxy) is 1. The van der Waals surface area contributed by atoms with E-state index in [0.29, 0.717) is 37.7 Å². The number of halogens is 3. The molecule has 0 saturated carbocycles. The summed E-state index contributed by atoms with van der Waals surface area (Å²) >= 11 is 0. The predicted molar refractivity (Wildman–Crippen MR) is 128 cm³/mol. The van der Waals surface area contributed by atoms with Gasteiger partial charge in [-0.2, -0.15) is 17.5 Å². The molecule has 0 spiro atoms. The van der Waals surface area contributed by atoms with Crippen LogP contribution < -0.4 is 15.5 Å². The first-order valence-electron chi connectivity index (χ1n) is 11.5. The van der Waals surface area contributed by atoms with E-state index in [1.807, 2.05) is 4.90 Å². The number of rotatable bonds is 5. The Kier molecular flexibility index (Phi) is 6.53. The molecule has 0 bridgehead atoms. The highest BCUT2D eigenvalue weighted by Crippen LogP contribution is 2.33. The van der Waals surface area contributed by atoms with Crippen LogP contribution in [0.4, 0.5) is 30.9 Å². The van der Waals surface area contributed by atoms with Crippen LogP contribution in [-0.4, -0.2) is 107 Å². The maximum Gasteiger partial charge on any atom is 0.406 e. The zero-order valence-corrected chi connectivity index (χ0v) is 20.7. The molecule has 37 heavy (non-hydrogen) atoms. The molecule has 0 radical (unpaired) electrons. The number of imidazole rings is 1. The van der Waals surface area contributed by atoms with Crippen LogP contribution in [0.2, 0.25) is 0 Å². The molecule has 0 aliphatic carbocycles. The predicted octanol–water partition coefficient (Wildman–Crippen LogP) is 0.346. The molecule has 0 amide bonds. The third-order valence-electron chi connectivity index (χ3n) is 6.12. The Labute approximate surface area is 210 Å². The number of aromatic nitrogens is 6. The Hall–Kier alpha value is -3.31. The summed E-state index contributed by atoms with van der Waals surface area (Å²) in [6.45, 7) is 1.07. The van der Waals surface area contributed by atoms with Crippen molar-refractivity contribution < 1.29 is 26.3 Å². The quantitative estimate of drug-likeness (QED) is 0.476. The molecule has 0 unspecified atom stereocenters. The van der Waals surface area contributed by atoms with E-state index in [1.54, 1.807) is 4.90 Å². The van der Waals surface area contributed by atoms with Crippen molar-refractivity contribution in [1.82, 2.24) is 33.8 Å². The Balaban J connectivity index is 1.66. The maximum absolute atomic E-state index is 13.8. The second-order valence-corrected chi connectivity index (χ2v) is 10.7. The number of fused-ring (bicyclic) bond motifs is 1. The number of anilines is 3. The number of hydrogen-bond donors (Lipinski definition) is 1. The van der Waals surface area contributed by atoms with E-state index in [-0.39, 0.29) is 55.1 Å². The third kappa shape index (κ3) is 5.37. The van der Waals surface area contributed by atoms with Crippen molar-refractivity contribution in [2.24, 2.45) is 0 Å². The lowest BCUT2D eigenvalue weighted by molar-refractivity contribution is -0.139. The van der Waals surface area contributed by atoms with E-state index in [0.717, 1.165) is 10.8 Å². The zero-order valence-electron chi connectivity index (χ0n) is 19.9. The highest BCUT2D eigenvalue weighted by Gasteiger charge is 2.35. The van der Waals surface area contributed by atoms with Gasteiger partial charge in [0, 0.05) is 51.7 Å². The Morgan fingerprint density at radius 1 is 0.973 bits per heavy atom. The molecular formula is C20H25F3N10O3S. The summed E-state index contributed by atoms with van der Waals surface area (Å²) in [6.07, 6.45) is -0.648. The number of nitrogens with two attached hydrogens (primary N) is 1. The molecule has 13 nitrogen and oxygen atoms in total. The normalized spacial score (nSPS) is 18.1. The summed E-state index contributed by atoms with van der Waals surface area (Å²) in [4.78, 5) is 25.1. The summed E-state index contributed by atoms with van der Waals surface area (Å²) in [5, 5.41) is 0. The van der Waals surface area contributed by atoms with Crippen LogP contribution in [-0.2, 0) is 21.3 Å². The van der Waals surface area contributed by atoms with Gasteiger partial charge in [-0.25, -0.2) is 33.3 Å². The highest BCUT2D eigenvalue weighted by molar-refractivity contribution is 7.88. The minimum atomic E-state index is -4.56. The van der Waals surface area contributed by atoms with Crippen LogP contribution in [0, 0.1) is 0 Å². The Bertz CT molecular complexity index is 1380. The number of nitrogens with zero attached hydrogens (tertiary/aromatic N) is 9. The first-order chi connectivity index (χ1) is 17.5. The van der Waals surface area contributed by atoms with Crippen molar-refractivity contribution in [3.63, 3.8) is 0 Å². The van der Waals surface area contributed by atoms with Gasteiger partial charge in [0.2, 0.25) is 21.9 Å². The molecule has 0 atom stereocenters. The molecule has 2 saturated heterocycles. The molecule has 0 aromatic carbocycles. The van der Waals surface area contributed by atoms with Crippen molar-refractivity contribution in [2.45, 2.75) is 12.7 Å². The van der Waals surface area contributed by atoms with Crippen LogP contribution in [0.15, 0.2) is 12.4 Å². The van der Waals surface area contributed by atoms with E-state index in [4.69, 9.17) is 10.5 Å². The molecule has 5 heterocycles. The number of nitrogen functional groups attached to an aromatic ring is 1. The molecule has 2 N–H and O–H groups in total. The van der Waals surface area contributed by atoms with Gasteiger partial charge in [-0.1, -0.05) is 0 Å². The van der Waals surface area contributed by atoms with Gasteiger partial charge < -0.3 is 20.3 Å². The van der Waals surface area contributed by atoms with Crippen LogP contribution in [0.5, 0.6) is 0 Å². The highest BCUT2D eigenvalue weighted by atomic mass is 32.2. The van der Waals surface area contributed by atoms with Crippen molar-refractivity contribution in [2.75, 3.05) is 74.3 Å². The van der Waals surface area contributed by atoms with Crippen molar-refractivity contribution in [3.05, 3.63) is 12.4 Å². The number of morpholine rings is 1. The van der Waals surface area contributed by atoms with E-state index in [9.17, 15) is 21.6 Å². The van der Waals surface area contributed by atoms with E-state index in [2.05, 4.69) is 24.9 Å². The van der Waals surface area contributed by atoms with Crippen LogP contribution >= 0.6 is 0 Å². The van der Waals surface area contributed by atoms with Gasteiger partial charge in [0.25, 0.3) is 0 Å². The lowest BCUT2D eigenvalue weighted by atomic mass is 10.3. The minimum Gasteiger partial charge on any atom is -0.378 e. The van der Waals surface area contributed by atoms with Crippen molar-refractivity contribution >= 4 is 38.9 Å². The fourth-order valence-corrected chi connectivity index (χ4v) is 5.17. The van der Waals surface area contributed by atoms with Gasteiger partial charge in [-0.05, 0) is 0 Å². The molecule has 3 aromatic heterocycles. The first kappa shape index (κ1) is 25.3. The molecule has 200 valence electrons. The summed E-state index contributed by atoms with van der Waals surface area (Å²) in [7, 11) is -3.42. The smallest absolute Gasteiger partial charge is 0.378 e. The molecular weight excluding hydrogens is 517 g/mol. The van der Waals surface area contributed by atoms with Crippen LogP contribution in [0.25, 0.3) is 22.6 Å². The number of hydrogen-bond acceptors (Lipinski definition) is 11. The maximum atomic E-state index is 13.8. The average molecular weight is 543 g/mol. The molecule has 17 heteroatoms. The molecule has 3 aromatic rings. The fourth-order valence-electron chi connectivity index (χ4n) is 4.34. The van der Waals surface area contributed by atoms with Gasteiger partial charge in [0.05, 0.1) is 25.0 Å². The van der Waals surface area contributed by atoms with Gasteiger partial charge in [0.1, 0.15) is 6.54 Å². The number of piperazine rings is 1. The van der Waals surface area contributed by atoms with E-state index >= 15 is 0 Å². The number of sulfonamides is 1. The van der Waals surface area contributed by atoms with Gasteiger partial charge in [-0.15, -0.1) is 0 Å². The topological polar surface area (TPSA) is 148 Å². The minimum absolute atomic E-state index is 0.00110. The SMILES string of the molecule is CS(=O)(=O)N1CCN(c2nc3c(N4CCOCC4)nc(-c4cnc(N)nc4)nc3n2CC(F)(F)F)CC1. The second-order valence-electron chi connectivity index (χ2n) is 8.73. The monoisotopic (exact) mass is 542 g/mol. The standard InChI is InChI=1S/C20H25F3N10O3S/c1-37(34,35)32-4-2-31(3-5-32)19-27-14-16(30-6-8-36-9-7-30)28-15(13-10-25-18(24)26-11-13)29-17(14)33(19)12-20(21,22)23/h10-11H,2-9,12H2,1H3,(H2,24,25,26). The summed E-state index contributed by atoms with van der Waals surface area (Å²) < 4.78 is 72.9. The summed E-state index contributed by atoms with van der Waals surface area (Å²) in [5.41, 5.74) is 6.19. The first-order valence-corrected chi connectivity index (χ1v) is 13.3. The van der Waals surface area contributed by atoms with Gasteiger partial charge >= 0.3 is 6.18 Å². The molecule has 2 aliphatic rings. The number of alkyl halides is 3. The average Bonchev–Trinajstić information content (AvgIpc) is 3.21. The zero-order chi connectivity index (χ0) is 26.4. The lowest BCUT2D eigenvalue weighted by Gasteiger charge is -2.34.